The van der Waals surface area contributed by atoms with Crippen LogP contribution in [0.4, 0.5) is 0 Å². The summed E-state index contributed by atoms with van der Waals surface area (Å²) in [5.74, 6) is 1.21. The topological polar surface area (TPSA) is 25.8 Å². The lowest BCUT2D eigenvalue weighted by Gasteiger charge is -2.26. The average Bonchev–Trinajstić information content (AvgIpc) is 3.72. The van der Waals surface area contributed by atoms with Crippen molar-refractivity contribution in [1.29, 1.82) is 0 Å². The second-order valence-corrected chi connectivity index (χ2v) is 21.8. The largest absolute Gasteiger partial charge is 0.455 e. The number of hydrogen-bond acceptors (Lipinski definition) is 1. The van der Waals surface area contributed by atoms with E-state index in [1.54, 1.807) is 0 Å². The highest BCUT2D eigenvalue weighted by Crippen LogP contribution is 2.55. The lowest BCUT2D eigenvalue weighted by atomic mass is 9.87. The average molecular weight is 648 g/mol. The number of aromatic nitrogens is 3. The number of furan rings is 1. The smallest absolute Gasteiger partial charge is 0.364 e. The van der Waals surface area contributed by atoms with Crippen LogP contribution in [0.25, 0.3) is 55.6 Å². The third-order valence-corrected chi connectivity index (χ3v) is 12.8. The van der Waals surface area contributed by atoms with Gasteiger partial charge in [0.05, 0.1) is 30.8 Å². The van der Waals surface area contributed by atoms with Crippen LogP contribution in [0.5, 0.6) is 0 Å². The van der Waals surface area contributed by atoms with E-state index in [0.29, 0.717) is 0 Å². The molecule has 2 aliphatic rings. The summed E-state index contributed by atoms with van der Waals surface area (Å²) in [4.78, 5) is 0. The highest BCUT2D eigenvalue weighted by Gasteiger charge is 2.67. The monoisotopic (exact) mass is 647 g/mol. The normalized spacial score (nSPS) is 16.8. The SMILES string of the molecule is Cc1ccc2c(c1)C1(c3ccc4c(oc5ccccc54)c3-c3n1c1ccccc1[n+]3C(C)C)[n+]1cc([Si](C)(C)C)c(CC(C)(C)C)cc1-2. The minimum Gasteiger partial charge on any atom is -0.455 e. The van der Waals surface area contributed by atoms with Crippen molar-refractivity contribution in [3.05, 3.63) is 113 Å². The molecule has 0 radical (unpaired) electrons. The molecule has 240 valence electrons. The maximum Gasteiger partial charge on any atom is 0.364 e. The van der Waals surface area contributed by atoms with E-state index in [9.17, 15) is 0 Å². The van der Waals surface area contributed by atoms with Gasteiger partial charge in [-0.2, -0.15) is 4.57 Å². The Labute approximate surface area is 284 Å². The molecule has 0 aliphatic carbocycles. The van der Waals surface area contributed by atoms with E-state index in [1.807, 2.05) is 0 Å². The first-order chi connectivity index (χ1) is 22.8. The molecule has 0 amide bonds. The fourth-order valence-corrected chi connectivity index (χ4v) is 10.6. The Hall–Kier alpha value is -4.48. The van der Waals surface area contributed by atoms with Crippen LogP contribution in [0.2, 0.25) is 19.6 Å². The van der Waals surface area contributed by atoms with E-state index in [1.165, 1.54) is 71.9 Å². The Balaban J connectivity index is 1.54. The van der Waals surface area contributed by atoms with Crippen LogP contribution in [0.1, 0.15) is 62.9 Å². The molecule has 5 heteroatoms. The first-order valence-electron chi connectivity index (χ1n) is 17.5. The molecule has 2 aliphatic heterocycles. The van der Waals surface area contributed by atoms with Crippen LogP contribution in [-0.2, 0) is 12.1 Å². The van der Waals surface area contributed by atoms with Gasteiger partial charge in [-0.25, -0.2) is 4.57 Å². The summed E-state index contributed by atoms with van der Waals surface area (Å²) < 4.78 is 14.8. The predicted octanol–water partition coefficient (Wildman–Crippen LogP) is 9.40. The highest BCUT2D eigenvalue weighted by molar-refractivity contribution is 6.89. The Morgan fingerprint density at radius 1 is 0.854 bits per heavy atom. The number of imidazole rings is 1. The number of aryl methyl sites for hydroxylation is 1. The van der Waals surface area contributed by atoms with Gasteiger partial charge in [0.25, 0.3) is 0 Å². The third-order valence-electron chi connectivity index (χ3n) is 10.7. The van der Waals surface area contributed by atoms with Crippen molar-refractivity contribution in [1.82, 2.24) is 4.57 Å². The summed E-state index contributed by atoms with van der Waals surface area (Å²) >= 11 is 0. The predicted molar refractivity (Wildman–Crippen MR) is 200 cm³/mol. The lowest BCUT2D eigenvalue weighted by Crippen LogP contribution is -2.61. The van der Waals surface area contributed by atoms with Crippen LogP contribution in [-0.4, -0.2) is 12.6 Å². The van der Waals surface area contributed by atoms with Gasteiger partial charge < -0.3 is 4.42 Å². The van der Waals surface area contributed by atoms with Gasteiger partial charge in [0.1, 0.15) is 11.1 Å². The first-order valence-corrected chi connectivity index (χ1v) is 21.0. The van der Waals surface area contributed by atoms with Crippen molar-refractivity contribution in [2.45, 2.75) is 79.3 Å². The summed E-state index contributed by atoms with van der Waals surface area (Å²) in [7, 11) is -1.77. The molecule has 9 rings (SSSR count). The molecule has 4 aromatic carbocycles. The van der Waals surface area contributed by atoms with Crippen molar-refractivity contribution < 1.29 is 13.6 Å². The van der Waals surface area contributed by atoms with Gasteiger partial charge in [0.2, 0.25) is 5.69 Å². The molecule has 1 atom stereocenters. The minimum atomic E-state index is -1.77. The molecule has 0 bridgehead atoms. The zero-order chi connectivity index (χ0) is 33.5. The summed E-state index contributed by atoms with van der Waals surface area (Å²) in [5.41, 5.74) is 13.2. The van der Waals surface area contributed by atoms with E-state index < -0.39 is 13.7 Å². The fraction of sp³-hybridized carbons (Fsp3) is 0.302. The maximum atomic E-state index is 6.91. The number of pyridine rings is 1. The van der Waals surface area contributed by atoms with Gasteiger partial charge in [-0.1, -0.05) is 82.4 Å². The van der Waals surface area contributed by atoms with Gasteiger partial charge in [0, 0.05) is 22.0 Å². The lowest BCUT2D eigenvalue weighted by molar-refractivity contribution is -0.735. The molecule has 0 fully saturated rings. The Kier molecular flexibility index (Phi) is 5.91. The van der Waals surface area contributed by atoms with Crippen molar-refractivity contribution >= 4 is 46.2 Å². The Morgan fingerprint density at radius 2 is 1.60 bits per heavy atom. The highest BCUT2D eigenvalue weighted by atomic mass is 28.3. The summed E-state index contributed by atoms with van der Waals surface area (Å²) in [5, 5.41) is 3.88. The molecule has 0 saturated carbocycles. The number of para-hydroxylation sites is 3. The maximum absolute atomic E-state index is 6.91. The molecule has 48 heavy (non-hydrogen) atoms. The zero-order valence-corrected chi connectivity index (χ0v) is 30.7. The van der Waals surface area contributed by atoms with Crippen LogP contribution < -0.4 is 14.3 Å². The van der Waals surface area contributed by atoms with Crippen LogP contribution in [0, 0.1) is 12.3 Å². The van der Waals surface area contributed by atoms with Crippen molar-refractivity contribution in [2.24, 2.45) is 5.41 Å². The molecular formula is C43H45N3OSi+2. The summed E-state index contributed by atoms with van der Waals surface area (Å²) in [6.07, 6.45) is 3.63. The molecule has 5 heterocycles. The van der Waals surface area contributed by atoms with Crippen LogP contribution in [0.3, 0.4) is 0 Å². The number of rotatable bonds is 3. The summed E-state index contributed by atoms with van der Waals surface area (Å²) in [6.45, 7) is 21.5. The van der Waals surface area contributed by atoms with Crippen molar-refractivity contribution in [2.75, 3.05) is 0 Å². The second kappa shape index (κ2) is 9.57. The Morgan fingerprint density at radius 3 is 2.35 bits per heavy atom. The van der Waals surface area contributed by atoms with E-state index in [-0.39, 0.29) is 11.5 Å². The number of hydrogen-bond donors (Lipinski definition) is 0. The number of benzene rings is 4. The zero-order valence-electron chi connectivity index (χ0n) is 29.7. The van der Waals surface area contributed by atoms with Gasteiger partial charge in [-0.15, -0.1) is 4.57 Å². The molecule has 0 N–H and O–H groups in total. The molecular weight excluding hydrogens is 603 g/mol. The first kappa shape index (κ1) is 29.6. The van der Waals surface area contributed by atoms with Crippen LogP contribution >= 0.6 is 0 Å². The minimum absolute atomic E-state index is 0.180. The summed E-state index contributed by atoms with van der Waals surface area (Å²) in [6, 6.07) is 32.1. The van der Waals surface area contributed by atoms with Gasteiger partial charge in [-0.05, 0) is 80.6 Å². The third kappa shape index (κ3) is 3.77. The van der Waals surface area contributed by atoms with Gasteiger partial charge in [-0.3, -0.25) is 0 Å². The van der Waals surface area contributed by atoms with Gasteiger partial charge in [0.15, 0.2) is 22.8 Å². The van der Waals surface area contributed by atoms with E-state index in [2.05, 4.69) is 166 Å². The molecule has 1 unspecified atom stereocenters. The second-order valence-electron chi connectivity index (χ2n) is 16.8. The van der Waals surface area contributed by atoms with Gasteiger partial charge >= 0.3 is 11.5 Å². The molecule has 7 aromatic rings. The van der Waals surface area contributed by atoms with E-state index >= 15 is 0 Å². The van der Waals surface area contributed by atoms with E-state index in [0.717, 1.165) is 17.6 Å². The van der Waals surface area contributed by atoms with Crippen LogP contribution in [0.15, 0.2) is 95.5 Å². The molecule has 1 spiro atoms. The quantitative estimate of drug-likeness (QED) is 0.139. The molecule has 0 saturated heterocycles. The standard InChI is InChI=1S/C43H45N3OSi/c1-26(2)45-34-15-11-12-16-35(34)46-41(45)39-32(21-20-30-29-14-10-13-17-37(29)47-40(30)39)43(46)33-22-27(3)18-19-31(33)36-23-28(24-42(4,5)6)38(25-44(36)43)48(7,8)9/h10-23,25-26H,24H2,1-9H3/q+2. The number of fused-ring (bicyclic) bond motifs is 16. The Bertz CT molecular complexity index is 2500. The van der Waals surface area contributed by atoms with E-state index in [4.69, 9.17) is 4.42 Å². The number of nitrogens with zero attached hydrogens (tertiary/aromatic N) is 3. The van der Waals surface area contributed by atoms with Crippen molar-refractivity contribution in [3.63, 3.8) is 0 Å². The molecule has 3 aromatic heterocycles. The fourth-order valence-electron chi connectivity index (χ4n) is 8.96. The molecule has 4 nitrogen and oxygen atoms in total. The van der Waals surface area contributed by atoms with Crippen molar-refractivity contribution in [3.8, 4) is 22.6 Å².